The Morgan fingerprint density at radius 2 is 2.18 bits per heavy atom. The Hall–Kier alpha value is -0.290. The van der Waals surface area contributed by atoms with E-state index in [1.165, 1.54) is 0 Å². The van der Waals surface area contributed by atoms with Crippen molar-refractivity contribution in [1.82, 2.24) is 5.32 Å². The summed E-state index contributed by atoms with van der Waals surface area (Å²) >= 11 is 0. The van der Waals surface area contributed by atoms with Crippen molar-refractivity contribution in [2.45, 2.75) is 63.8 Å². The van der Waals surface area contributed by atoms with Crippen LogP contribution in [-0.4, -0.2) is 31.5 Å². The second-order valence-corrected chi connectivity index (χ2v) is 4.61. The van der Waals surface area contributed by atoms with Gasteiger partial charge < -0.3 is 10.1 Å². The molecule has 1 fully saturated rings. The minimum Gasteiger partial charge on any atom is -0.378 e. The van der Waals surface area contributed by atoms with Crippen molar-refractivity contribution >= 4 is 0 Å². The van der Waals surface area contributed by atoms with Crippen molar-refractivity contribution in [3.63, 3.8) is 0 Å². The summed E-state index contributed by atoms with van der Waals surface area (Å²) in [5.74, 6) is 0. The van der Waals surface area contributed by atoms with Crippen LogP contribution in [0.5, 0.6) is 0 Å². The quantitative estimate of drug-likeness (QED) is 0.752. The van der Waals surface area contributed by atoms with Crippen LogP contribution in [-0.2, 0) is 4.74 Å². The fourth-order valence-electron chi connectivity index (χ4n) is 2.12. The standard InChI is InChI=1S/C12H22F3NO/c1-2-8-16-11(12(13,14)15)7-3-5-10-6-4-9-17-10/h10-11,16H,2-9H2,1H3. The van der Waals surface area contributed by atoms with Crippen LogP contribution in [0.1, 0.15) is 45.4 Å². The van der Waals surface area contributed by atoms with Crippen LogP contribution in [0.2, 0.25) is 0 Å². The van der Waals surface area contributed by atoms with Crippen LogP contribution in [0.15, 0.2) is 0 Å². The third-order valence-electron chi connectivity index (χ3n) is 3.08. The molecule has 1 aliphatic heterocycles. The van der Waals surface area contributed by atoms with E-state index in [0.717, 1.165) is 32.3 Å². The van der Waals surface area contributed by atoms with Gasteiger partial charge in [0.15, 0.2) is 0 Å². The van der Waals surface area contributed by atoms with Gasteiger partial charge in [0.2, 0.25) is 0 Å². The van der Waals surface area contributed by atoms with E-state index in [-0.39, 0.29) is 12.5 Å². The van der Waals surface area contributed by atoms with Crippen molar-refractivity contribution in [1.29, 1.82) is 0 Å². The van der Waals surface area contributed by atoms with Gasteiger partial charge in [-0.25, -0.2) is 0 Å². The van der Waals surface area contributed by atoms with Crippen molar-refractivity contribution in [2.24, 2.45) is 0 Å². The van der Waals surface area contributed by atoms with Gasteiger partial charge in [-0.15, -0.1) is 0 Å². The van der Waals surface area contributed by atoms with Gasteiger partial charge in [0.1, 0.15) is 6.04 Å². The minimum atomic E-state index is -4.13. The molecule has 1 rings (SSSR count). The van der Waals surface area contributed by atoms with E-state index in [1.54, 1.807) is 0 Å². The molecule has 5 heteroatoms. The number of halogens is 3. The summed E-state index contributed by atoms with van der Waals surface area (Å²) in [6.45, 7) is 3.05. The van der Waals surface area contributed by atoms with Crippen molar-refractivity contribution in [3.05, 3.63) is 0 Å². The van der Waals surface area contributed by atoms with Gasteiger partial charge in [0.25, 0.3) is 0 Å². The largest absolute Gasteiger partial charge is 0.403 e. The summed E-state index contributed by atoms with van der Waals surface area (Å²) in [5.41, 5.74) is 0. The fourth-order valence-corrected chi connectivity index (χ4v) is 2.12. The molecule has 0 aromatic rings. The Labute approximate surface area is 101 Å². The van der Waals surface area contributed by atoms with Gasteiger partial charge >= 0.3 is 6.18 Å². The summed E-state index contributed by atoms with van der Waals surface area (Å²) in [4.78, 5) is 0. The third-order valence-corrected chi connectivity index (χ3v) is 3.08. The molecule has 2 unspecified atom stereocenters. The number of nitrogens with one attached hydrogen (secondary N) is 1. The highest BCUT2D eigenvalue weighted by atomic mass is 19.4. The van der Waals surface area contributed by atoms with Crippen LogP contribution < -0.4 is 5.32 Å². The topological polar surface area (TPSA) is 21.3 Å². The highest BCUT2D eigenvalue weighted by Crippen LogP contribution is 2.25. The summed E-state index contributed by atoms with van der Waals surface area (Å²) in [6, 6.07) is -1.36. The predicted octanol–water partition coefficient (Wildman–Crippen LogP) is 3.27. The van der Waals surface area contributed by atoms with Crippen LogP contribution in [0, 0.1) is 0 Å². The van der Waals surface area contributed by atoms with Crippen molar-refractivity contribution in [2.75, 3.05) is 13.2 Å². The molecule has 17 heavy (non-hydrogen) atoms. The number of hydrogen-bond acceptors (Lipinski definition) is 2. The number of ether oxygens (including phenoxy) is 1. The third kappa shape index (κ3) is 5.73. The van der Waals surface area contributed by atoms with Crippen LogP contribution in [0.25, 0.3) is 0 Å². The Kier molecular flexibility index (Phi) is 6.27. The van der Waals surface area contributed by atoms with E-state index in [9.17, 15) is 13.2 Å². The molecule has 0 saturated carbocycles. The molecule has 0 spiro atoms. The summed E-state index contributed by atoms with van der Waals surface area (Å²) in [5, 5.41) is 2.57. The Balaban J connectivity index is 2.22. The lowest BCUT2D eigenvalue weighted by Crippen LogP contribution is -2.42. The first-order valence-corrected chi connectivity index (χ1v) is 6.45. The van der Waals surface area contributed by atoms with Gasteiger partial charge in [0.05, 0.1) is 6.10 Å². The molecular weight excluding hydrogens is 231 g/mol. The predicted molar refractivity (Wildman–Crippen MR) is 61.0 cm³/mol. The SMILES string of the molecule is CCCNC(CCCC1CCCO1)C(F)(F)F. The van der Waals surface area contributed by atoms with Crippen LogP contribution in [0.3, 0.4) is 0 Å². The molecule has 0 radical (unpaired) electrons. The van der Waals surface area contributed by atoms with E-state index in [4.69, 9.17) is 4.74 Å². The number of hydrogen-bond donors (Lipinski definition) is 1. The van der Waals surface area contributed by atoms with E-state index in [2.05, 4.69) is 5.32 Å². The summed E-state index contributed by atoms with van der Waals surface area (Å²) < 4.78 is 43.4. The van der Waals surface area contributed by atoms with E-state index in [0.29, 0.717) is 13.0 Å². The molecule has 2 nitrogen and oxygen atoms in total. The molecule has 0 aromatic heterocycles. The lowest BCUT2D eigenvalue weighted by molar-refractivity contribution is -0.157. The van der Waals surface area contributed by atoms with Gasteiger partial charge in [-0.3, -0.25) is 0 Å². The van der Waals surface area contributed by atoms with Crippen LogP contribution >= 0.6 is 0 Å². The summed E-state index contributed by atoms with van der Waals surface area (Å²) in [6.07, 6.45) is 0.301. The summed E-state index contributed by atoms with van der Waals surface area (Å²) in [7, 11) is 0. The molecule has 0 aliphatic carbocycles. The second-order valence-electron chi connectivity index (χ2n) is 4.61. The average molecular weight is 253 g/mol. The zero-order valence-electron chi connectivity index (χ0n) is 10.4. The molecule has 1 heterocycles. The molecular formula is C12H22F3NO. The molecule has 102 valence electrons. The molecule has 2 atom stereocenters. The molecule has 0 bridgehead atoms. The molecule has 0 amide bonds. The highest BCUT2D eigenvalue weighted by Gasteiger charge is 2.38. The van der Waals surface area contributed by atoms with Gasteiger partial charge in [0, 0.05) is 6.61 Å². The van der Waals surface area contributed by atoms with Gasteiger partial charge in [-0.1, -0.05) is 6.92 Å². The Morgan fingerprint density at radius 3 is 2.71 bits per heavy atom. The van der Waals surface area contributed by atoms with E-state index in [1.807, 2.05) is 6.92 Å². The molecule has 1 aliphatic rings. The zero-order chi connectivity index (χ0) is 12.7. The van der Waals surface area contributed by atoms with Crippen molar-refractivity contribution < 1.29 is 17.9 Å². The smallest absolute Gasteiger partial charge is 0.378 e. The normalized spacial score (nSPS) is 22.9. The average Bonchev–Trinajstić information content (AvgIpc) is 2.74. The van der Waals surface area contributed by atoms with Crippen molar-refractivity contribution in [3.8, 4) is 0 Å². The maximum absolute atomic E-state index is 12.7. The van der Waals surface area contributed by atoms with Gasteiger partial charge in [-0.2, -0.15) is 13.2 Å². The second kappa shape index (κ2) is 7.21. The first-order valence-electron chi connectivity index (χ1n) is 6.45. The Morgan fingerprint density at radius 1 is 1.41 bits per heavy atom. The van der Waals surface area contributed by atoms with Crippen LogP contribution in [0.4, 0.5) is 13.2 Å². The molecule has 0 aromatic carbocycles. The lowest BCUT2D eigenvalue weighted by atomic mass is 10.0. The van der Waals surface area contributed by atoms with Gasteiger partial charge in [-0.05, 0) is 45.1 Å². The zero-order valence-corrected chi connectivity index (χ0v) is 10.4. The highest BCUT2D eigenvalue weighted by molar-refractivity contribution is 4.76. The first-order chi connectivity index (χ1) is 8.04. The Bertz CT molecular complexity index is 202. The van der Waals surface area contributed by atoms with E-state index >= 15 is 0 Å². The maximum Gasteiger partial charge on any atom is 0.403 e. The lowest BCUT2D eigenvalue weighted by Gasteiger charge is -2.22. The maximum atomic E-state index is 12.7. The first kappa shape index (κ1) is 14.8. The molecule has 1 N–H and O–H groups in total. The fraction of sp³-hybridized carbons (Fsp3) is 1.00. The number of rotatable bonds is 7. The van der Waals surface area contributed by atoms with E-state index < -0.39 is 12.2 Å². The number of alkyl halides is 3. The minimum absolute atomic E-state index is 0.156. The molecule has 1 saturated heterocycles. The monoisotopic (exact) mass is 253 g/mol.